The molecule has 0 aromatic heterocycles. The van der Waals surface area contributed by atoms with Gasteiger partial charge in [-0.1, -0.05) is 25.5 Å². The second kappa shape index (κ2) is 14.0. The lowest BCUT2D eigenvalue weighted by Gasteiger charge is -2.13. The molecule has 0 radical (unpaired) electrons. The Morgan fingerprint density at radius 3 is 2.54 bits per heavy atom. The van der Waals surface area contributed by atoms with Crippen molar-refractivity contribution in [1.82, 2.24) is 5.32 Å². The average molecular weight is 341 g/mol. The van der Waals surface area contributed by atoms with Crippen molar-refractivity contribution in [3.05, 3.63) is 24.3 Å². The van der Waals surface area contributed by atoms with E-state index < -0.39 is 6.10 Å². The van der Waals surface area contributed by atoms with E-state index in [1.165, 1.54) is 0 Å². The number of rotatable bonds is 15. The Balaban J connectivity index is 1.96. The summed E-state index contributed by atoms with van der Waals surface area (Å²) in [5.41, 5.74) is 0. The van der Waals surface area contributed by atoms with E-state index in [1.54, 1.807) is 7.11 Å². The van der Waals surface area contributed by atoms with Gasteiger partial charge in [-0.25, -0.2) is 0 Å². The zero-order valence-corrected chi connectivity index (χ0v) is 14.8. The van der Waals surface area contributed by atoms with Gasteiger partial charge in [-0.2, -0.15) is 0 Å². The molecule has 0 spiro atoms. The van der Waals surface area contributed by atoms with Crippen LogP contribution in [0.2, 0.25) is 0 Å². The van der Waals surface area contributed by atoms with Crippen LogP contribution in [0.1, 0.15) is 19.8 Å². The topological polar surface area (TPSA) is 69.2 Å². The molecule has 1 aromatic carbocycles. The first-order valence-corrected chi connectivity index (χ1v) is 8.58. The van der Waals surface area contributed by atoms with Crippen LogP contribution >= 0.6 is 0 Å². The summed E-state index contributed by atoms with van der Waals surface area (Å²) in [6.45, 7) is 5.89. The molecule has 24 heavy (non-hydrogen) atoms. The van der Waals surface area contributed by atoms with Gasteiger partial charge in [-0.3, -0.25) is 0 Å². The van der Waals surface area contributed by atoms with Crippen LogP contribution in [0.4, 0.5) is 0 Å². The zero-order chi connectivity index (χ0) is 17.5. The lowest BCUT2D eigenvalue weighted by Crippen LogP contribution is -2.33. The first kappa shape index (κ1) is 20.7. The van der Waals surface area contributed by atoms with Gasteiger partial charge in [0.25, 0.3) is 0 Å². The van der Waals surface area contributed by atoms with E-state index in [9.17, 15) is 5.11 Å². The lowest BCUT2D eigenvalue weighted by molar-refractivity contribution is 0.00381. The summed E-state index contributed by atoms with van der Waals surface area (Å²) in [4.78, 5) is 0. The number of benzene rings is 1. The van der Waals surface area contributed by atoms with Crippen LogP contribution in [0.3, 0.4) is 0 Å². The highest BCUT2D eigenvalue weighted by Crippen LogP contribution is 2.25. The average Bonchev–Trinajstić information content (AvgIpc) is 2.61. The van der Waals surface area contributed by atoms with Crippen LogP contribution in [0.5, 0.6) is 11.5 Å². The molecule has 1 rings (SSSR count). The van der Waals surface area contributed by atoms with Crippen molar-refractivity contribution in [1.29, 1.82) is 0 Å². The zero-order valence-electron chi connectivity index (χ0n) is 14.8. The maximum Gasteiger partial charge on any atom is 0.161 e. The molecular formula is C18H31NO5. The maximum atomic E-state index is 9.80. The summed E-state index contributed by atoms with van der Waals surface area (Å²) in [6, 6.07) is 7.52. The summed E-state index contributed by atoms with van der Waals surface area (Å²) in [5, 5.41) is 12.9. The number of aliphatic hydroxyl groups excluding tert-OH is 1. The molecule has 0 fully saturated rings. The summed E-state index contributed by atoms with van der Waals surface area (Å²) in [5.74, 6) is 1.43. The molecule has 0 unspecified atom stereocenters. The van der Waals surface area contributed by atoms with Gasteiger partial charge in [0.15, 0.2) is 11.5 Å². The molecule has 0 bridgehead atoms. The van der Waals surface area contributed by atoms with E-state index in [0.29, 0.717) is 51.0 Å². The van der Waals surface area contributed by atoms with Crippen LogP contribution in [-0.2, 0) is 9.47 Å². The number of ether oxygens (including phenoxy) is 4. The minimum Gasteiger partial charge on any atom is -0.493 e. The van der Waals surface area contributed by atoms with Crippen LogP contribution in [0.15, 0.2) is 24.3 Å². The van der Waals surface area contributed by atoms with Crippen LogP contribution < -0.4 is 14.8 Å². The van der Waals surface area contributed by atoms with E-state index in [2.05, 4.69) is 12.2 Å². The SMILES string of the molecule is CCCCOCCOC[C@H](O)CNCCOc1ccccc1OC. The largest absolute Gasteiger partial charge is 0.493 e. The van der Waals surface area contributed by atoms with Crippen molar-refractivity contribution in [3.63, 3.8) is 0 Å². The molecule has 1 atom stereocenters. The molecule has 2 N–H and O–H groups in total. The quantitative estimate of drug-likeness (QED) is 0.475. The predicted octanol–water partition coefficient (Wildman–Crippen LogP) is 1.86. The van der Waals surface area contributed by atoms with Crippen molar-refractivity contribution in [2.45, 2.75) is 25.9 Å². The molecule has 1 aromatic rings. The monoisotopic (exact) mass is 341 g/mol. The van der Waals surface area contributed by atoms with Crippen molar-refractivity contribution >= 4 is 0 Å². The smallest absolute Gasteiger partial charge is 0.161 e. The van der Waals surface area contributed by atoms with E-state index >= 15 is 0 Å². The molecule has 0 heterocycles. The third-order valence-electron chi connectivity index (χ3n) is 3.31. The first-order valence-electron chi connectivity index (χ1n) is 8.58. The van der Waals surface area contributed by atoms with E-state index in [0.717, 1.165) is 19.4 Å². The number of nitrogens with one attached hydrogen (secondary N) is 1. The Bertz CT molecular complexity index is 416. The van der Waals surface area contributed by atoms with Crippen LogP contribution in [0.25, 0.3) is 0 Å². The standard InChI is InChI=1S/C18H31NO5/c1-3-4-10-22-12-13-23-15-16(20)14-19-9-11-24-18-8-6-5-7-17(18)21-2/h5-8,16,19-20H,3-4,9-15H2,1-2H3/t16-/m1/s1. The lowest BCUT2D eigenvalue weighted by atomic mass is 10.3. The summed E-state index contributed by atoms with van der Waals surface area (Å²) >= 11 is 0. The highest BCUT2D eigenvalue weighted by molar-refractivity contribution is 5.39. The van der Waals surface area contributed by atoms with Crippen LogP contribution in [0, 0.1) is 0 Å². The Hall–Kier alpha value is -1.34. The minimum atomic E-state index is -0.535. The van der Waals surface area contributed by atoms with Gasteiger partial charge in [0.05, 0.1) is 33.0 Å². The fourth-order valence-corrected chi connectivity index (χ4v) is 1.98. The predicted molar refractivity (Wildman–Crippen MR) is 93.9 cm³/mol. The van der Waals surface area contributed by atoms with Gasteiger partial charge in [0, 0.05) is 19.7 Å². The molecule has 0 saturated heterocycles. The maximum absolute atomic E-state index is 9.80. The molecular weight excluding hydrogens is 310 g/mol. The third kappa shape index (κ3) is 9.72. The van der Waals surface area contributed by atoms with E-state index in [4.69, 9.17) is 18.9 Å². The molecule has 6 nitrogen and oxygen atoms in total. The first-order chi connectivity index (χ1) is 11.8. The minimum absolute atomic E-state index is 0.303. The Morgan fingerprint density at radius 1 is 1.04 bits per heavy atom. The van der Waals surface area contributed by atoms with Gasteiger partial charge in [-0.05, 0) is 18.6 Å². The number of methoxy groups -OCH3 is 1. The fourth-order valence-electron chi connectivity index (χ4n) is 1.98. The van der Waals surface area contributed by atoms with Crippen molar-refractivity contribution < 1.29 is 24.1 Å². The third-order valence-corrected chi connectivity index (χ3v) is 3.31. The highest BCUT2D eigenvalue weighted by Gasteiger charge is 2.05. The normalized spacial score (nSPS) is 12.1. The summed E-state index contributed by atoms with van der Waals surface area (Å²) in [6.07, 6.45) is 1.67. The Kier molecular flexibility index (Phi) is 12.1. The molecule has 0 aliphatic heterocycles. The second-order valence-corrected chi connectivity index (χ2v) is 5.40. The van der Waals surface area contributed by atoms with E-state index in [-0.39, 0.29) is 0 Å². The molecule has 138 valence electrons. The Labute approximate surface area is 145 Å². The van der Waals surface area contributed by atoms with Crippen molar-refractivity contribution in [3.8, 4) is 11.5 Å². The van der Waals surface area contributed by atoms with Crippen molar-refractivity contribution in [2.24, 2.45) is 0 Å². The van der Waals surface area contributed by atoms with Crippen LogP contribution in [-0.4, -0.2) is 64.4 Å². The Morgan fingerprint density at radius 2 is 1.79 bits per heavy atom. The summed E-state index contributed by atoms with van der Waals surface area (Å²) in [7, 11) is 1.62. The molecule has 0 aliphatic rings. The molecule has 0 saturated carbocycles. The number of hydrogen-bond acceptors (Lipinski definition) is 6. The fraction of sp³-hybridized carbons (Fsp3) is 0.667. The number of para-hydroxylation sites is 2. The van der Waals surface area contributed by atoms with Gasteiger partial charge >= 0.3 is 0 Å². The number of unbranched alkanes of at least 4 members (excludes halogenated alkanes) is 1. The number of aliphatic hydroxyl groups is 1. The van der Waals surface area contributed by atoms with Gasteiger partial charge < -0.3 is 29.4 Å². The van der Waals surface area contributed by atoms with Gasteiger partial charge in [0.1, 0.15) is 6.61 Å². The summed E-state index contributed by atoms with van der Waals surface area (Å²) < 4.78 is 21.6. The number of hydrogen-bond donors (Lipinski definition) is 2. The van der Waals surface area contributed by atoms with Gasteiger partial charge in [-0.15, -0.1) is 0 Å². The highest BCUT2D eigenvalue weighted by atomic mass is 16.5. The molecule has 0 aliphatic carbocycles. The van der Waals surface area contributed by atoms with E-state index in [1.807, 2.05) is 24.3 Å². The molecule has 6 heteroatoms. The van der Waals surface area contributed by atoms with Crippen molar-refractivity contribution in [2.75, 3.05) is 53.2 Å². The van der Waals surface area contributed by atoms with Gasteiger partial charge in [0.2, 0.25) is 0 Å². The second-order valence-electron chi connectivity index (χ2n) is 5.40. The molecule has 0 amide bonds.